The molecule has 4 aromatic rings. The molecule has 32 heavy (non-hydrogen) atoms. The van der Waals surface area contributed by atoms with Crippen LogP contribution in [0.5, 0.6) is 11.5 Å². The first kappa shape index (κ1) is 21.9. The van der Waals surface area contributed by atoms with Crippen molar-refractivity contribution in [3.8, 4) is 11.5 Å². The van der Waals surface area contributed by atoms with Gasteiger partial charge in [-0.1, -0.05) is 12.1 Å². The van der Waals surface area contributed by atoms with Crippen molar-refractivity contribution in [3.05, 3.63) is 86.6 Å². The lowest BCUT2D eigenvalue weighted by Gasteiger charge is -2.11. The number of anilines is 1. The molecule has 0 bridgehead atoms. The summed E-state index contributed by atoms with van der Waals surface area (Å²) < 4.78 is 24.3. The van der Waals surface area contributed by atoms with Gasteiger partial charge in [0.2, 0.25) is 0 Å². The van der Waals surface area contributed by atoms with E-state index in [2.05, 4.69) is 15.3 Å². The third-order valence-electron chi connectivity index (χ3n) is 4.68. The number of hydrogen-bond donors (Lipinski definition) is 1. The smallest absolute Gasteiger partial charge is 0.257 e. The molecule has 6 nitrogen and oxygen atoms in total. The van der Waals surface area contributed by atoms with Crippen molar-refractivity contribution in [3.63, 3.8) is 0 Å². The van der Waals surface area contributed by atoms with Crippen LogP contribution in [-0.4, -0.2) is 23.0 Å². The normalized spacial score (nSPS) is 10.7. The predicted molar refractivity (Wildman–Crippen MR) is 123 cm³/mol. The minimum Gasteiger partial charge on any atom is -0.493 e. The first-order valence-electron chi connectivity index (χ1n) is 9.72. The predicted octanol–water partition coefficient (Wildman–Crippen LogP) is 5.48. The van der Waals surface area contributed by atoms with Crippen molar-refractivity contribution >= 4 is 33.7 Å². The number of carbonyl (C=O) groups is 1. The Morgan fingerprint density at radius 2 is 1.97 bits per heavy atom. The average Bonchev–Trinajstić information content (AvgIpc) is 3.43. The second-order valence-electron chi connectivity index (χ2n) is 6.92. The summed E-state index contributed by atoms with van der Waals surface area (Å²) in [6.45, 7) is 2.21. The van der Waals surface area contributed by atoms with Gasteiger partial charge in [-0.15, -0.1) is 22.7 Å². The van der Waals surface area contributed by atoms with Crippen molar-refractivity contribution in [2.45, 2.75) is 20.0 Å². The van der Waals surface area contributed by atoms with Gasteiger partial charge >= 0.3 is 0 Å². The lowest BCUT2D eigenvalue weighted by atomic mass is 10.1. The Hall–Kier alpha value is -3.30. The van der Waals surface area contributed by atoms with Gasteiger partial charge in [0.25, 0.3) is 5.91 Å². The average molecular weight is 470 g/mol. The van der Waals surface area contributed by atoms with Crippen molar-refractivity contribution in [1.29, 1.82) is 0 Å². The largest absolute Gasteiger partial charge is 0.493 e. The highest BCUT2D eigenvalue weighted by molar-refractivity contribution is 7.15. The fraction of sp³-hybridized carbons (Fsp3) is 0.174. The van der Waals surface area contributed by atoms with E-state index in [0.29, 0.717) is 35.2 Å². The van der Waals surface area contributed by atoms with Gasteiger partial charge in [0.15, 0.2) is 16.6 Å². The van der Waals surface area contributed by atoms with E-state index < -0.39 is 0 Å². The molecule has 0 saturated heterocycles. The third kappa shape index (κ3) is 5.30. The van der Waals surface area contributed by atoms with Crippen molar-refractivity contribution < 1.29 is 18.7 Å². The summed E-state index contributed by atoms with van der Waals surface area (Å²) >= 11 is 2.90. The maximum Gasteiger partial charge on any atom is 0.257 e. The molecular formula is C23H20FN3O3S2. The monoisotopic (exact) mass is 469 g/mol. The van der Waals surface area contributed by atoms with Crippen LogP contribution in [0.1, 0.15) is 32.2 Å². The molecule has 2 aromatic carbocycles. The number of amides is 1. The summed E-state index contributed by atoms with van der Waals surface area (Å²) in [6, 6.07) is 11.4. The van der Waals surface area contributed by atoms with E-state index in [1.807, 2.05) is 12.3 Å². The Balaban J connectivity index is 1.43. The molecule has 0 saturated carbocycles. The highest BCUT2D eigenvalue weighted by Crippen LogP contribution is 2.30. The van der Waals surface area contributed by atoms with Gasteiger partial charge in [0.1, 0.15) is 12.4 Å². The number of aromatic nitrogens is 2. The number of rotatable bonds is 8. The molecule has 4 rings (SSSR count). The molecule has 0 aliphatic carbocycles. The van der Waals surface area contributed by atoms with E-state index in [1.165, 1.54) is 41.9 Å². The van der Waals surface area contributed by atoms with E-state index in [0.717, 1.165) is 21.8 Å². The van der Waals surface area contributed by atoms with E-state index in [4.69, 9.17) is 9.47 Å². The van der Waals surface area contributed by atoms with Crippen LogP contribution in [-0.2, 0) is 13.0 Å². The van der Waals surface area contributed by atoms with Crippen LogP contribution >= 0.6 is 22.7 Å². The zero-order valence-electron chi connectivity index (χ0n) is 17.4. The highest BCUT2D eigenvalue weighted by Gasteiger charge is 2.15. The van der Waals surface area contributed by atoms with Gasteiger partial charge in [-0.05, 0) is 42.8 Å². The number of thiazole rings is 2. The molecule has 0 spiro atoms. The first-order chi connectivity index (χ1) is 15.5. The molecule has 1 N–H and O–H groups in total. The van der Waals surface area contributed by atoms with Crippen LogP contribution in [0.3, 0.4) is 0 Å². The van der Waals surface area contributed by atoms with Crippen molar-refractivity contribution in [1.82, 2.24) is 9.97 Å². The van der Waals surface area contributed by atoms with Crippen LogP contribution in [0.2, 0.25) is 0 Å². The minimum atomic E-state index is -0.295. The minimum absolute atomic E-state index is 0.266. The summed E-state index contributed by atoms with van der Waals surface area (Å²) in [5, 5.41) is 5.26. The van der Waals surface area contributed by atoms with Gasteiger partial charge in [-0.25, -0.2) is 14.4 Å². The number of nitrogens with zero attached hydrogens (tertiary/aromatic N) is 2. The molecule has 9 heteroatoms. The highest BCUT2D eigenvalue weighted by atomic mass is 32.1. The molecule has 0 fully saturated rings. The van der Waals surface area contributed by atoms with Crippen LogP contribution in [0, 0.1) is 12.7 Å². The molecule has 164 valence electrons. The SMILES string of the molecule is COc1cc(C(=O)Nc2nc(C)c(Cc3ccc(F)cc3)s2)ccc1OCc1cscn1. The molecule has 0 aliphatic rings. The van der Waals surface area contributed by atoms with E-state index in [-0.39, 0.29) is 11.7 Å². The molecule has 0 atom stereocenters. The van der Waals surface area contributed by atoms with Crippen LogP contribution in [0.15, 0.2) is 53.4 Å². The number of nitrogens with one attached hydrogen (secondary N) is 1. The Bertz CT molecular complexity index is 1210. The summed E-state index contributed by atoms with van der Waals surface area (Å²) in [5.41, 5.74) is 4.81. The number of hydrogen-bond acceptors (Lipinski definition) is 7. The summed E-state index contributed by atoms with van der Waals surface area (Å²) in [4.78, 5) is 22.4. The van der Waals surface area contributed by atoms with Crippen molar-refractivity contribution in [2.75, 3.05) is 12.4 Å². The van der Waals surface area contributed by atoms with Crippen LogP contribution < -0.4 is 14.8 Å². The van der Waals surface area contributed by atoms with Gasteiger partial charge in [0, 0.05) is 22.2 Å². The molecule has 0 aliphatic heterocycles. The fourth-order valence-electron chi connectivity index (χ4n) is 2.99. The lowest BCUT2D eigenvalue weighted by Crippen LogP contribution is -2.12. The topological polar surface area (TPSA) is 73.3 Å². The zero-order valence-corrected chi connectivity index (χ0v) is 19.1. The lowest BCUT2D eigenvalue weighted by molar-refractivity contribution is 0.102. The fourth-order valence-corrected chi connectivity index (χ4v) is 4.53. The van der Waals surface area contributed by atoms with Gasteiger partial charge < -0.3 is 9.47 Å². The Labute approximate surface area is 192 Å². The summed E-state index contributed by atoms with van der Waals surface area (Å²) in [5.74, 6) is 0.429. The molecule has 2 heterocycles. The van der Waals surface area contributed by atoms with Crippen LogP contribution in [0.25, 0.3) is 0 Å². The number of benzene rings is 2. The van der Waals surface area contributed by atoms with E-state index in [9.17, 15) is 9.18 Å². The quantitative estimate of drug-likeness (QED) is 0.370. The molecular weight excluding hydrogens is 449 g/mol. The van der Waals surface area contributed by atoms with Crippen molar-refractivity contribution in [2.24, 2.45) is 0 Å². The summed E-state index contributed by atoms with van der Waals surface area (Å²) in [7, 11) is 1.53. The van der Waals surface area contributed by atoms with Gasteiger partial charge in [-0.3, -0.25) is 10.1 Å². The number of methoxy groups -OCH3 is 1. The first-order valence-corrected chi connectivity index (χ1v) is 11.5. The maximum atomic E-state index is 13.1. The Morgan fingerprint density at radius 1 is 1.16 bits per heavy atom. The third-order valence-corrected chi connectivity index (χ3v) is 6.38. The van der Waals surface area contributed by atoms with Crippen LogP contribution in [0.4, 0.5) is 9.52 Å². The molecule has 0 unspecified atom stereocenters. The van der Waals surface area contributed by atoms with Gasteiger partial charge in [-0.2, -0.15) is 0 Å². The van der Waals surface area contributed by atoms with E-state index in [1.54, 1.807) is 35.8 Å². The number of ether oxygens (including phenoxy) is 2. The standard InChI is InChI=1S/C23H20FN3O3S2/c1-14-21(9-15-3-6-17(24)7-4-15)32-23(26-14)27-22(28)16-5-8-19(20(10-16)29-2)30-11-18-12-31-13-25-18/h3-8,10,12-13H,9,11H2,1-2H3,(H,26,27,28). The molecule has 2 aromatic heterocycles. The second-order valence-corrected chi connectivity index (χ2v) is 8.72. The second kappa shape index (κ2) is 9.88. The zero-order chi connectivity index (χ0) is 22.5. The van der Waals surface area contributed by atoms with Gasteiger partial charge in [0.05, 0.1) is 24.0 Å². The Kier molecular flexibility index (Phi) is 6.77. The Morgan fingerprint density at radius 3 is 2.69 bits per heavy atom. The number of carbonyl (C=O) groups excluding carboxylic acids is 1. The van der Waals surface area contributed by atoms with E-state index >= 15 is 0 Å². The summed E-state index contributed by atoms with van der Waals surface area (Å²) in [6.07, 6.45) is 0.624. The maximum absolute atomic E-state index is 13.1. The molecule has 0 radical (unpaired) electrons. The number of halogens is 1. The molecule has 1 amide bonds. The number of aryl methyl sites for hydroxylation is 1.